The van der Waals surface area contributed by atoms with Gasteiger partial charge in [0.2, 0.25) is 0 Å². The van der Waals surface area contributed by atoms with E-state index in [2.05, 4.69) is 5.32 Å². The molecule has 0 saturated heterocycles. The summed E-state index contributed by atoms with van der Waals surface area (Å²) in [5, 5.41) is 21.1. The standard InChI is InChI=1S/C23H24F3NO5/c24-23(25,26)20-19(32-13-16-7-5-15(6-8-16)12-27-22(30)31)10-9-17(21(20)29)18(28)11-14-3-1-2-4-14/h5-10,14,27,29H,1-4,11-13H2,(H,30,31). The number of hydrogen-bond acceptors (Lipinski definition) is 4. The first-order valence-corrected chi connectivity index (χ1v) is 10.3. The number of carbonyl (C=O) groups excluding carboxylic acids is 1. The second kappa shape index (κ2) is 9.93. The molecule has 1 aliphatic rings. The summed E-state index contributed by atoms with van der Waals surface area (Å²) < 4.78 is 46.4. The number of carbonyl (C=O) groups is 2. The molecule has 1 saturated carbocycles. The maximum Gasteiger partial charge on any atom is 0.423 e. The number of ketones is 1. The van der Waals surface area contributed by atoms with Gasteiger partial charge in [-0.25, -0.2) is 4.79 Å². The SMILES string of the molecule is O=C(O)NCc1ccc(COc2ccc(C(=O)CC3CCCC3)c(O)c2C(F)(F)F)cc1. The van der Waals surface area contributed by atoms with E-state index in [9.17, 15) is 27.9 Å². The van der Waals surface area contributed by atoms with Crippen LogP contribution in [0.15, 0.2) is 36.4 Å². The van der Waals surface area contributed by atoms with Crippen LogP contribution in [-0.2, 0) is 19.3 Å². The van der Waals surface area contributed by atoms with Gasteiger partial charge in [0.15, 0.2) is 5.78 Å². The monoisotopic (exact) mass is 451 g/mol. The van der Waals surface area contributed by atoms with E-state index in [1.165, 1.54) is 6.07 Å². The lowest BCUT2D eigenvalue weighted by Crippen LogP contribution is -2.19. The van der Waals surface area contributed by atoms with Crippen LogP contribution in [0.2, 0.25) is 0 Å². The minimum absolute atomic E-state index is 0.0961. The molecule has 0 unspecified atom stereocenters. The molecule has 0 atom stereocenters. The highest BCUT2D eigenvalue weighted by molar-refractivity contribution is 5.99. The van der Waals surface area contributed by atoms with Gasteiger partial charge in [0.1, 0.15) is 23.7 Å². The van der Waals surface area contributed by atoms with Crippen molar-refractivity contribution in [3.63, 3.8) is 0 Å². The topological polar surface area (TPSA) is 95.9 Å². The van der Waals surface area contributed by atoms with Gasteiger partial charge < -0.3 is 20.3 Å². The van der Waals surface area contributed by atoms with Crippen molar-refractivity contribution in [1.29, 1.82) is 0 Å². The van der Waals surface area contributed by atoms with E-state index in [0.717, 1.165) is 31.7 Å². The van der Waals surface area contributed by atoms with Gasteiger partial charge in [0, 0.05) is 13.0 Å². The Bertz CT molecular complexity index is 967. The summed E-state index contributed by atoms with van der Waals surface area (Å²) >= 11 is 0. The average Bonchev–Trinajstić information content (AvgIpc) is 3.23. The van der Waals surface area contributed by atoms with Crippen LogP contribution in [0.5, 0.6) is 11.5 Å². The number of phenols is 1. The average molecular weight is 451 g/mol. The highest BCUT2D eigenvalue weighted by atomic mass is 19.4. The van der Waals surface area contributed by atoms with E-state index in [0.29, 0.717) is 11.1 Å². The van der Waals surface area contributed by atoms with E-state index in [1.807, 2.05) is 0 Å². The van der Waals surface area contributed by atoms with Crippen LogP contribution in [0.1, 0.15) is 59.2 Å². The first-order chi connectivity index (χ1) is 15.1. The van der Waals surface area contributed by atoms with E-state index >= 15 is 0 Å². The second-order valence-electron chi connectivity index (χ2n) is 7.87. The summed E-state index contributed by atoms with van der Waals surface area (Å²) in [6, 6.07) is 8.70. The zero-order valence-electron chi connectivity index (χ0n) is 17.2. The van der Waals surface area contributed by atoms with Gasteiger partial charge in [0.25, 0.3) is 0 Å². The molecule has 32 heavy (non-hydrogen) atoms. The Morgan fingerprint density at radius 3 is 2.25 bits per heavy atom. The molecule has 0 spiro atoms. The first kappa shape index (κ1) is 23.4. The molecule has 6 nitrogen and oxygen atoms in total. The summed E-state index contributed by atoms with van der Waals surface area (Å²) in [6.45, 7) is -0.108. The maximum atomic E-state index is 13.7. The van der Waals surface area contributed by atoms with Crippen molar-refractivity contribution in [2.75, 3.05) is 0 Å². The Hall–Kier alpha value is -3.23. The first-order valence-electron chi connectivity index (χ1n) is 10.3. The van der Waals surface area contributed by atoms with Crippen molar-refractivity contribution in [2.45, 2.75) is 51.4 Å². The number of nitrogens with one attached hydrogen (secondary N) is 1. The van der Waals surface area contributed by atoms with Crippen LogP contribution in [0.25, 0.3) is 0 Å². The lowest BCUT2D eigenvalue weighted by atomic mass is 9.95. The zero-order valence-corrected chi connectivity index (χ0v) is 17.2. The second-order valence-corrected chi connectivity index (χ2v) is 7.87. The van der Waals surface area contributed by atoms with E-state index in [-0.39, 0.29) is 31.1 Å². The Morgan fingerprint density at radius 2 is 1.66 bits per heavy atom. The lowest BCUT2D eigenvalue weighted by Gasteiger charge is -2.18. The van der Waals surface area contributed by atoms with Crippen molar-refractivity contribution in [2.24, 2.45) is 5.92 Å². The van der Waals surface area contributed by atoms with Gasteiger partial charge in [-0.3, -0.25) is 4.79 Å². The molecule has 0 aromatic heterocycles. The summed E-state index contributed by atoms with van der Waals surface area (Å²) in [7, 11) is 0. The summed E-state index contributed by atoms with van der Waals surface area (Å²) in [5.41, 5.74) is -0.475. The fourth-order valence-corrected chi connectivity index (χ4v) is 3.87. The van der Waals surface area contributed by atoms with E-state index < -0.39 is 35.1 Å². The molecule has 3 N–H and O–H groups in total. The van der Waals surface area contributed by atoms with Gasteiger partial charge in [-0.15, -0.1) is 0 Å². The van der Waals surface area contributed by atoms with Crippen molar-refractivity contribution in [3.8, 4) is 11.5 Å². The molecule has 2 aromatic rings. The normalized spacial score (nSPS) is 14.3. The van der Waals surface area contributed by atoms with Crippen LogP contribution in [0, 0.1) is 5.92 Å². The number of Topliss-reactive ketones (excluding diaryl/α,β-unsaturated/α-hetero) is 1. The van der Waals surface area contributed by atoms with Crippen molar-refractivity contribution >= 4 is 11.9 Å². The van der Waals surface area contributed by atoms with Crippen LogP contribution >= 0.6 is 0 Å². The molecule has 3 rings (SSSR count). The zero-order chi connectivity index (χ0) is 23.3. The number of amides is 1. The number of ether oxygens (including phenoxy) is 1. The smallest absolute Gasteiger partial charge is 0.423 e. The predicted octanol–water partition coefficient (Wildman–Crippen LogP) is 5.52. The fourth-order valence-electron chi connectivity index (χ4n) is 3.87. The number of benzene rings is 2. The highest BCUT2D eigenvalue weighted by Gasteiger charge is 2.40. The molecule has 9 heteroatoms. The van der Waals surface area contributed by atoms with Gasteiger partial charge in [-0.1, -0.05) is 49.9 Å². The third-order valence-electron chi connectivity index (χ3n) is 5.53. The number of rotatable bonds is 8. The summed E-state index contributed by atoms with van der Waals surface area (Å²) in [4.78, 5) is 23.0. The minimum atomic E-state index is -4.91. The molecule has 0 heterocycles. The Kier molecular flexibility index (Phi) is 7.27. The largest absolute Gasteiger partial charge is 0.506 e. The lowest BCUT2D eigenvalue weighted by molar-refractivity contribution is -0.140. The molecule has 2 aromatic carbocycles. The molecular formula is C23H24F3NO5. The highest BCUT2D eigenvalue weighted by Crippen LogP contribution is 2.44. The van der Waals surface area contributed by atoms with Gasteiger partial charge >= 0.3 is 12.3 Å². The number of carboxylic acid groups (broad SMARTS) is 1. The molecule has 1 aliphatic carbocycles. The quantitative estimate of drug-likeness (QED) is 0.459. The summed E-state index contributed by atoms with van der Waals surface area (Å²) in [5.74, 6) is -2.03. The fraction of sp³-hybridized carbons (Fsp3) is 0.391. The molecular weight excluding hydrogens is 427 g/mol. The molecule has 0 aliphatic heterocycles. The molecule has 172 valence electrons. The number of phenolic OH excluding ortho intramolecular Hbond substituents is 1. The maximum absolute atomic E-state index is 13.7. The number of aromatic hydroxyl groups is 1. The van der Waals surface area contributed by atoms with Gasteiger partial charge in [-0.2, -0.15) is 13.2 Å². The van der Waals surface area contributed by atoms with Crippen LogP contribution < -0.4 is 10.1 Å². The van der Waals surface area contributed by atoms with Crippen LogP contribution in [0.4, 0.5) is 18.0 Å². The molecule has 1 fully saturated rings. The van der Waals surface area contributed by atoms with Crippen molar-refractivity contribution < 1.29 is 37.7 Å². The van der Waals surface area contributed by atoms with Crippen LogP contribution in [-0.4, -0.2) is 22.1 Å². The van der Waals surface area contributed by atoms with Crippen molar-refractivity contribution in [3.05, 3.63) is 58.7 Å². The predicted molar refractivity (Wildman–Crippen MR) is 110 cm³/mol. The van der Waals surface area contributed by atoms with E-state index in [1.54, 1.807) is 24.3 Å². The Morgan fingerprint density at radius 1 is 1.03 bits per heavy atom. The van der Waals surface area contributed by atoms with Gasteiger partial charge in [-0.05, 0) is 29.2 Å². The van der Waals surface area contributed by atoms with Gasteiger partial charge in [0.05, 0.1) is 5.56 Å². The number of alkyl halides is 3. The number of hydrogen-bond donors (Lipinski definition) is 3. The van der Waals surface area contributed by atoms with E-state index in [4.69, 9.17) is 9.84 Å². The molecule has 1 amide bonds. The van der Waals surface area contributed by atoms with Crippen molar-refractivity contribution in [1.82, 2.24) is 5.32 Å². The molecule has 0 radical (unpaired) electrons. The minimum Gasteiger partial charge on any atom is -0.506 e. The third kappa shape index (κ3) is 5.93. The Labute approximate surface area is 183 Å². The third-order valence-corrected chi connectivity index (χ3v) is 5.53. The Balaban J connectivity index is 1.75. The summed E-state index contributed by atoms with van der Waals surface area (Å²) in [6.07, 6.45) is -2.22. The van der Waals surface area contributed by atoms with Crippen LogP contribution in [0.3, 0.4) is 0 Å². The number of halogens is 3. The molecule has 0 bridgehead atoms.